The quantitative estimate of drug-likeness (QED) is 0.761. The van der Waals surface area contributed by atoms with Crippen molar-refractivity contribution in [1.82, 2.24) is 4.90 Å². The van der Waals surface area contributed by atoms with Gasteiger partial charge in [0.05, 0.1) is 5.60 Å². The summed E-state index contributed by atoms with van der Waals surface area (Å²) in [7, 11) is 2.04. The maximum Gasteiger partial charge on any atom is 0.0718 e. The van der Waals surface area contributed by atoms with Gasteiger partial charge >= 0.3 is 0 Å². The third kappa shape index (κ3) is 5.57. The number of thiol groups is 1. The molecule has 1 N–H and O–H groups in total. The first-order valence-electron chi connectivity index (χ1n) is 5.99. The van der Waals surface area contributed by atoms with E-state index in [1.807, 2.05) is 27.0 Å². The maximum absolute atomic E-state index is 9.78. The Bertz CT molecular complexity index is 321. The number of likely N-dealkylation sites (N-methyl/N-ethyl adjacent to an activating group) is 1. The molecule has 0 heterocycles. The zero-order chi connectivity index (χ0) is 12.9. The smallest absolute Gasteiger partial charge is 0.0718 e. The molecule has 0 amide bonds. The molecule has 0 aliphatic carbocycles. The van der Waals surface area contributed by atoms with Crippen LogP contribution in [0.3, 0.4) is 0 Å². The van der Waals surface area contributed by atoms with Gasteiger partial charge < -0.3 is 10.0 Å². The van der Waals surface area contributed by atoms with Gasteiger partial charge in [0.15, 0.2) is 0 Å². The molecule has 1 aromatic carbocycles. The Hall–Kier alpha value is -0.510. The molecule has 0 radical (unpaired) electrons. The van der Waals surface area contributed by atoms with E-state index < -0.39 is 5.60 Å². The van der Waals surface area contributed by atoms with Crippen molar-refractivity contribution in [3.63, 3.8) is 0 Å². The van der Waals surface area contributed by atoms with E-state index in [2.05, 4.69) is 41.8 Å². The lowest BCUT2D eigenvalue weighted by molar-refractivity contribution is 0.0435. The SMILES string of the molecule is CN(CC(CS)c1ccccc1)CC(C)(C)O. The third-order valence-electron chi connectivity index (χ3n) is 2.68. The number of hydrogen-bond donors (Lipinski definition) is 2. The first-order chi connectivity index (χ1) is 7.92. The Balaban J connectivity index is 2.59. The molecule has 3 heteroatoms. The van der Waals surface area contributed by atoms with Gasteiger partial charge in [-0.1, -0.05) is 30.3 Å². The van der Waals surface area contributed by atoms with Crippen LogP contribution in [0.5, 0.6) is 0 Å². The average Bonchev–Trinajstić information content (AvgIpc) is 2.24. The standard InChI is InChI=1S/C14H23NOS/c1-14(2,16)11-15(3)9-13(10-17)12-7-5-4-6-8-12/h4-8,13,16-17H,9-11H2,1-3H3. The molecule has 1 atom stereocenters. The lowest BCUT2D eigenvalue weighted by Gasteiger charge is -2.28. The molecule has 0 aliphatic heterocycles. The number of aliphatic hydroxyl groups is 1. The summed E-state index contributed by atoms with van der Waals surface area (Å²) in [4.78, 5) is 2.16. The minimum Gasteiger partial charge on any atom is -0.389 e. The van der Waals surface area contributed by atoms with Crippen LogP contribution in [-0.2, 0) is 0 Å². The zero-order valence-corrected chi connectivity index (χ0v) is 11.8. The number of hydrogen-bond acceptors (Lipinski definition) is 3. The first-order valence-corrected chi connectivity index (χ1v) is 6.62. The van der Waals surface area contributed by atoms with Crippen LogP contribution >= 0.6 is 12.6 Å². The van der Waals surface area contributed by atoms with Crippen molar-refractivity contribution in [1.29, 1.82) is 0 Å². The second-order valence-corrected chi connectivity index (χ2v) is 5.66. The molecule has 0 saturated heterocycles. The minimum absolute atomic E-state index is 0.409. The van der Waals surface area contributed by atoms with Crippen LogP contribution in [0.15, 0.2) is 30.3 Å². The number of nitrogens with zero attached hydrogens (tertiary/aromatic N) is 1. The fourth-order valence-electron chi connectivity index (χ4n) is 2.10. The van der Waals surface area contributed by atoms with E-state index >= 15 is 0 Å². The van der Waals surface area contributed by atoms with Crippen molar-refractivity contribution in [2.75, 3.05) is 25.9 Å². The lowest BCUT2D eigenvalue weighted by Crippen LogP contribution is -2.38. The molecule has 0 spiro atoms. The molecule has 0 aromatic heterocycles. The van der Waals surface area contributed by atoms with Gasteiger partial charge in [-0.25, -0.2) is 0 Å². The van der Waals surface area contributed by atoms with Gasteiger partial charge in [-0.05, 0) is 32.2 Å². The van der Waals surface area contributed by atoms with E-state index in [0.29, 0.717) is 12.5 Å². The summed E-state index contributed by atoms with van der Waals surface area (Å²) in [6.45, 7) is 5.26. The molecule has 0 fully saturated rings. The van der Waals surface area contributed by atoms with Crippen LogP contribution in [0.25, 0.3) is 0 Å². The van der Waals surface area contributed by atoms with Crippen molar-refractivity contribution in [3.05, 3.63) is 35.9 Å². The van der Waals surface area contributed by atoms with E-state index in [9.17, 15) is 5.11 Å². The van der Waals surface area contributed by atoms with E-state index in [1.165, 1.54) is 5.56 Å². The number of rotatable bonds is 6. The van der Waals surface area contributed by atoms with E-state index in [1.54, 1.807) is 0 Å². The highest BCUT2D eigenvalue weighted by molar-refractivity contribution is 7.80. The van der Waals surface area contributed by atoms with Crippen LogP contribution in [0.4, 0.5) is 0 Å². The summed E-state index contributed by atoms with van der Waals surface area (Å²) < 4.78 is 0. The monoisotopic (exact) mass is 253 g/mol. The van der Waals surface area contributed by atoms with Crippen molar-refractivity contribution in [2.24, 2.45) is 0 Å². The summed E-state index contributed by atoms with van der Waals surface area (Å²) in [6, 6.07) is 10.4. The fraction of sp³-hybridized carbons (Fsp3) is 0.571. The van der Waals surface area contributed by atoms with Gasteiger partial charge in [0.2, 0.25) is 0 Å². The lowest BCUT2D eigenvalue weighted by atomic mass is 10.00. The normalized spacial score (nSPS) is 14.0. The van der Waals surface area contributed by atoms with Crippen LogP contribution < -0.4 is 0 Å². The Morgan fingerprint density at radius 2 is 1.88 bits per heavy atom. The molecular formula is C14H23NOS. The topological polar surface area (TPSA) is 23.5 Å². The van der Waals surface area contributed by atoms with Crippen molar-refractivity contribution >= 4 is 12.6 Å². The van der Waals surface area contributed by atoms with E-state index in [0.717, 1.165) is 12.3 Å². The van der Waals surface area contributed by atoms with Gasteiger partial charge in [-0.3, -0.25) is 0 Å². The van der Waals surface area contributed by atoms with Crippen molar-refractivity contribution in [3.8, 4) is 0 Å². The molecule has 0 bridgehead atoms. The minimum atomic E-state index is -0.646. The highest BCUT2D eigenvalue weighted by Gasteiger charge is 2.18. The second kappa shape index (κ2) is 6.43. The van der Waals surface area contributed by atoms with Gasteiger partial charge in [0.1, 0.15) is 0 Å². The molecule has 0 saturated carbocycles. The fourth-order valence-corrected chi connectivity index (χ4v) is 2.42. The summed E-state index contributed by atoms with van der Waals surface area (Å²) in [5.74, 6) is 1.23. The predicted molar refractivity (Wildman–Crippen MR) is 76.8 cm³/mol. The van der Waals surface area contributed by atoms with Gasteiger partial charge in [0, 0.05) is 19.0 Å². The van der Waals surface area contributed by atoms with Crippen molar-refractivity contribution in [2.45, 2.75) is 25.4 Å². The van der Waals surface area contributed by atoms with Crippen LogP contribution in [0, 0.1) is 0 Å². The van der Waals surface area contributed by atoms with E-state index in [-0.39, 0.29) is 0 Å². The molecule has 2 nitrogen and oxygen atoms in total. The zero-order valence-electron chi connectivity index (χ0n) is 10.9. The molecule has 17 heavy (non-hydrogen) atoms. The molecule has 1 unspecified atom stereocenters. The highest BCUT2D eigenvalue weighted by atomic mass is 32.1. The predicted octanol–water partition coefficient (Wildman–Crippen LogP) is 2.40. The highest BCUT2D eigenvalue weighted by Crippen LogP contribution is 2.18. The summed E-state index contributed by atoms with van der Waals surface area (Å²) in [5.41, 5.74) is 0.664. The summed E-state index contributed by atoms with van der Waals surface area (Å²) in [6.07, 6.45) is 0. The molecule has 1 rings (SSSR count). The average molecular weight is 253 g/mol. The van der Waals surface area contributed by atoms with Crippen LogP contribution in [0.2, 0.25) is 0 Å². The molecule has 96 valence electrons. The maximum atomic E-state index is 9.78. The van der Waals surface area contributed by atoms with Gasteiger partial charge in [-0.2, -0.15) is 12.6 Å². The Morgan fingerprint density at radius 1 is 1.29 bits per heavy atom. The molecular weight excluding hydrogens is 230 g/mol. The van der Waals surface area contributed by atoms with Crippen molar-refractivity contribution < 1.29 is 5.11 Å². The molecule has 1 aromatic rings. The van der Waals surface area contributed by atoms with Gasteiger partial charge in [0.25, 0.3) is 0 Å². The second-order valence-electron chi connectivity index (χ2n) is 5.30. The molecule has 0 aliphatic rings. The van der Waals surface area contributed by atoms with Gasteiger partial charge in [-0.15, -0.1) is 0 Å². The summed E-state index contributed by atoms with van der Waals surface area (Å²) >= 11 is 4.42. The summed E-state index contributed by atoms with van der Waals surface area (Å²) in [5, 5.41) is 9.78. The van der Waals surface area contributed by atoms with E-state index in [4.69, 9.17) is 0 Å². The number of benzene rings is 1. The Morgan fingerprint density at radius 3 is 2.35 bits per heavy atom. The third-order valence-corrected chi connectivity index (χ3v) is 3.12. The van der Waals surface area contributed by atoms with Crippen LogP contribution in [0.1, 0.15) is 25.3 Å². The van der Waals surface area contributed by atoms with Crippen LogP contribution in [-0.4, -0.2) is 41.5 Å². The Kier molecular flexibility index (Phi) is 5.50. The first kappa shape index (κ1) is 14.6. The largest absolute Gasteiger partial charge is 0.389 e. The Labute approximate surface area is 110 Å².